The largest absolute Gasteiger partial charge is 0.480 e. The molecule has 12 heteroatoms. The fourth-order valence-electron chi connectivity index (χ4n) is 2.12. The number of nitrogens with one attached hydrogen (secondary N) is 3. The van der Waals surface area contributed by atoms with Gasteiger partial charge in [-0.2, -0.15) is 0 Å². The van der Waals surface area contributed by atoms with Gasteiger partial charge in [0.15, 0.2) is 0 Å². The summed E-state index contributed by atoms with van der Waals surface area (Å²) in [5.41, 5.74) is 10.4. The van der Waals surface area contributed by atoms with Crippen LogP contribution in [0.1, 0.15) is 33.1 Å². The van der Waals surface area contributed by atoms with Gasteiger partial charge in [0.2, 0.25) is 23.6 Å². The number of nitrogens with two attached hydrogens (primary N) is 2. The highest BCUT2D eigenvalue weighted by molar-refractivity contribution is 5.93. The van der Waals surface area contributed by atoms with E-state index >= 15 is 0 Å². The molecule has 0 saturated carbocycles. The van der Waals surface area contributed by atoms with E-state index < -0.39 is 60.9 Å². The van der Waals surface area contributed by atoms with Crippen molar-refractivity contribution in [2.75, 3.05) is 13.2 Å². The van der Waals surface area contributed by atoms with E-state index in [1.807, 2.05) is 0 Å². The summed E-state index contributed by atoms with van der Waals surface area (Å²) >= 11 is 0. The van der Waals surface area contributed by atoms with Gasteiger partial charge in [-0.25, -0.2) is 4.79 Å². The van der Waals surface area contributed by atoms with Crippen molar-refractivity contribution in [3.8, 4) is 0 Å². The number of aliphatic hydroxyl groups excluding tert-OH is 1. The van der Waals surface area contributed by atoms with E-state index in [2.05, 4.69) is 16.0 Å². The van der Waals surface area contributed by atoms with Crippen LogP contribution in [-0.4, -0.2) is 71.1 Å². The molecule has 0 fully saturated rings. The van der Waals surface area contributed by atoms with Crippen molar-refractivity contribution in [3.63, 3.8) is 0 Å². The van der Waals surface area contributed by atoms with Gasteiger partial charge in [0.1, 0.15) is 18.1 Å². The summed E-state index contributed by atoms with van der Waals surface area (Å²) < 4.78 is 0. The lowest BCUT2D eigenvalue weighted by atomic mass is 9.99. The van der Waals surface area contributed by atoms with Gasteiger partial charge in [0.05, 0.1) is 13.2 Å². The van der Waals surface area contributed by atoms with Gasteiger partial charge in [-0.05, 0) is 12.3 Å². The minimum absolute atomic E-state index is 0.142. The SMILES string of the molecule is CCC(C)C(NC(=O)CNC(=O)C(CCC(N)=O)NC(=O)C(N)CO)C(=O)O. The molecule has 0 aromatic heterocycles. The van der Waals surface area contributed by atoms with Crippen molar-refractivity contribution in [3.05, 3.63) is 0 Å². The Labute approximate surface area is 162 Å². The number of carbonyl (C=O) groups is 5. The molecular formula is C16H29N5O7. The van der Waals surface area contributed by atoms with Crippen molar-refractivity contribution >= 4 is 29.6 Å². The molecule has 0 aliphatic carbocycles. The summed E-state index contributed by atoms with van der Waals surface area (Å²) in [6, 6.07) is -3.59. The quantitative estimate of drug-likeness (QED) is 0.166. The summed E-state index contributed by atoms with van der Waals surface area (Å²) in [7, 11) is 0. The van der Waals surface area contributed by atoms with Crippen LogP contribution in [0.15, 0.2) is 0 Å². The fraction of sp³-hybridized carbons (Fsp3) is 0.688. The molecule has 0 aliphatic heterocycles. The second-order valence-corrected chi connectivity index (χ2v) is 6.34. The van der Waals surface area contributed by atoms with Gasteiger partial charge in [-0.3, -0.25) is 19.2 Å². The van der Waals surface area contributed by atoms with Crippen molar-refractivity contribution < 1.29 is 34.2 Å². The Kier molecular flexibility index (Phi) is 11.4. The predicted octanol–water partition coefficient (Wildman–Crippen LogP) is -3.21. The second-order valence-electron chi connectivity index (χ2n) is 6.34. The maximum absolute atomic E-state index is 12.2. The van der Waals surface area contributed by atoms with Crippen LogP contribution in [0.25, 0.3) is 0 Å². The van der Waals surface area contributed by atoms with E-state index in [0.717, 1.165) is 0 Å². The van der Waals surface area contributed by atoms with Crippen molar-refractivity contribution in [1.82, 2.24) is 16.0 Å². The lowest BCUT2D eigenvalue weighted by Gasteiger charge is -2.21. The maximum atomic E-state index is 12.2. The third kappa shape index (κ3) is 9.28. The first kappa shape index (κ1) is 25.3. The van der Waals surface area contributed by atoms with E-state index in [1.54, 1.807) is 13.8 Å². The van der Waals surface area contributed by atoms with E-state index in [-0.39, 0.29) is 18.8 Å². The Bertz CT molecular complexity index is 584. The summed E-state index contributed by atoms with van der Waals surface area (Å²) in [6.45, 7) is 2.26. The summed E-state index contributed by atoms with van der Waals surface area (Å²) in [5, 5.41) is 24.9. The highest BCUT2D eigenvalue weighted by Gasteiger charge is 2.27. The van der Waals surface area contributed by atoms with Gasteiger partial charge in [0, 0.05) is 6.42 Å². The predicted molar refractivity (Wildman–Crippen MR) is 97.5 cm³/mol. The van der Waals surface area contributed by atoms with E-state index in [9.17, 15) is 24.0 Å². The topological polar surface area (TPSA) is 214 Å². The molecule has 9 N–H and O–H groups in total. The molecule has 0 aliphatic rings. The van der Waals surface area contributed by atoms with Crippen LogP contribution in [0.4, 0.5) is 0 Å². The molecule has 0 saturated heterocycles. The standard InChI is InChI=1S/C16H29N5O7/c1-3-8(2)13(16(27)28)21-12(24)6-19-15(26)10(4-5-11(18)23)20-14(25)9(17)7-22/h8-10,13,22H,3-7,17H2,1-2H3,(H2,18,23)(H,19,26)(H,20,25)(H,21,24)(H,27,28). The molecule has 28 heavy (non-hydrogen) atoms. The third-order valence-electron chi connectivity index (χ3n) is 4.06. The van der Waals surface area contributed by atoms with E-state index in [4.69, 9.17) is 21.7 Å². The zero-order valence-electron chi connectivity index (χ0n) is 15.9. The molecule has 0 aromatic rings. The van der Waals surface area contributed by atoms with Crippen LogP contribution in [0.3, 0.4) is 0 Å². The number of primary amides is 1. The Balaban J connectivity index is 4.86. The molecule has 0 bridgehead atoms. The number of carboxylic acids is 1. The monoisotopic (exact) mass is 403 g/mol. The molecule has 4 amide bonds. The number of hydrogen-bond acceptors (Lipinski definition) is 7. The third-order valence-corrected chi connectivity index (χ3v) is 4.06. The molecule has 0 radical (unpaired) electrons. The van der Waals surface area contributed by atoms with Crippen LogP contribution >= 0.6 is 0 Å². The van der Waals surface area contributed by atoms with Gasteiger partial charge in [-0.1, -0.05) is 20.3 Å². The molecule has 0 aromatic carbocycles. The number of hydrogen-bond donors (Lipinski definition) is 7. The Morgan fingerprint density at radius 1 is 1.07 bits per heavy atom. The lowest BCUT2D eigenvalue weighted by Crippen LogP contribution is -2.54. The molecule has 4 unspecified atom stereocenters. The Hall–Kier alpha value is -2.73. The van der Waals surface area contributed by atoms with E-state index in [0.29, 0.717) is 6.42 Å². The number of aliphatic carboxylic acids is 1. The second kappa shape index (κ2) is 12.6. The number of carboxylic acid groups (broad SMARTS) is 1. The van der Waals surface area contributed by atoms with Crippen molar-refractivity contribution in [1.29, 1.82) is 0 Å². The first-order valence-electron chi connectivity index (χ1n) is 8.78. The average Bonchev–Trinajstić information content (AvgIpc) is 2.65. The minimum Gasteiger partial charge on any atom is -0.480 e. The molecule has 0 heterocycles. The maximum Gasteiger partial charge on any atom is 0.326 e. The fourth-order valence-corrected chi connectivity index (χ4v) is 2.12. The highest BCUT2D eigenvalue weighted by atomic mass is 16.4. The van der Waals surface area contributed by atoms with Gasteiger partial charge >= 0.3 is 5.97 Å². The summed E-state index contributed by atoms with van der Waals surface area (Å²) in [5.74, 6) is -4.55. The number of rotatable bonds is 13. The highest BCUT2D eigenvalue weighted by Crippen LogP contribution is 2.07. The zero-order chi connectivity index (χ0) is 21.9. The zero-order valence-corrected chi connectivity index (χ0v) is 15.9. The normalized spacial score (nSPS) is 14.9. The van der Waals surface area contributed by atoms with Gasteiger partial charge in [0.25, 0.3) is 0 Å². The summed E-state index contributed by atoms with van der Waals surface area (Å²) in [4.78, 5) is 58.1. The number of amides is 4. The number of carbonyl (C=O) groups excluding carboxylic acids is 4. The molecule has 12 nitrogen and oxygen atoms in total. The van der Waals surface area contributed by atoms with Crippen LogP contribution in [0.5, 0.6) is 0 Å². The van der Waals surface area contributed by atoms with Crippen molar-refractivity contribution in [2.24, 2.45) is 17.4 Å². The number of aliphatic hydroxyl groups is 1. The Morgan fingerprint density at radius 3 is 2.14 bits per heavy atom. The van der Waals surface area contributed by atoms with Gasteiger partial charge in [-0.15, -0.1) is 0 Å². The molecule has 0 rings (SSSR count). The van der Waals surface area contributed by atoms with Crippen LogP contribution in [-0.2, 0) is 24.0 Å². The molecule has 0 spiro atoms. The Morgan fingerprint density at radius 2 is 1.68 bits per heavy atom. The molecule has 160 valence electrons. The lowest BCUT2D eigenvalue weighted by molar-refractivity contribution is -0.143. The van der Waals surface area contributed by atoms with E-state index in [1.165, 1.54) is 0 Å². The first-order chi connectivity index (χ1) is 13.0. The van der Waals surface area contributed by atoms with Crippen LogP contribution < -0.4 is 27.4 Å². The smallest absolute Gasteiger partial charge is 0.326 e. The van der Waals surface area contributed by atoms with Gasteiger partial charge < -0.3 is 37.6 Å². The molecule has 4 atom stereocenters. The molecular weight excluding hydrogens is 374 g/mol. The van der Waals surface area contributed by atoms with Crippen LogP contribution in [0, 0.1) is 5.92 Å². The average molecular weight is 403 g/mol. The van der Waals surface area contributed by atoms with Crippen LogP contribution in [0.2, 0.25) is 0 Å². The minimum atomic E-state index is -1.26. The first-order valence-corrected chi connectivity index (χ1v) is 8.78. The summed E-state index contributed by atoms with van der Waals surface area (Å²) in [6.07, 6.45) is 0.168. The van der Waals surface area contributed by atoms with Crippen molar-refractivity contribution in [2.45, 2.75) is 51.2 Å².